The molecule has 30 nitrogen and oxygen atoms in total. The number of rotatable bonds is 48. The number of carbonyl (C=O) groups excluding carboxylic acids is 9. The standard InChI is InChI=1S/C58H78ClN7O7S.C32H48N4O4S.C25H31ClN4O4.ClH/c1-38-31-50(70)52-51(38)54(62-36-61-52)64-27-29-65(30-28-64)56(72)47(41-23-25-43(59)26-24-41)18-14-13-16-44(67)15-11-9-7-6-8-10-12-17-45(68)32-48(58(3,4)5)57(73)66-35-46(69)33-49(66)55(71)60-34-40-19-21-42(22-20-40)53-39(2)63-37-74-53;1-22-29(41-21-35-22)24-14-12-23(13-15-24)19-34-30(39)28-18-26(38)20-36(28)31(40)27(32(2,3)4)17-25(37)11-9-7-5-6-8-10-16-33;1-16-14-20(31)23-22(16)24(28-15-27-23)29-10-12-30(13-11-29)25(34)19(4-2-3-5-21(32)33)17-6-8-18(26)9-7-17;/h19-26,36-38,46-50,69-70H,6-18,27-35H2,1-5H3,(H,60,71);12-15,21,26-28,38H,5-11,16-20,33H2,1-4H3,(H,34,39);6-9,15-16,19-20,31H,2-5,10-14H2,1H3,(H,32,33);1H/t38-,46-,47-,48-,49+,50-;26-,27-,28+;16-,19-,20-;/m111./s1. The summed E-state index contributed by atoms with van der Waals surface area (Å²) in [6.45, 7) is 26.3. The number of Topliss-reactive ketones (excluding diaryl/α,β-unsaturated/α-hetero) is 3. The number of nitrogens with two attached hydrogens (primary N) is 1. The number of piperazine rings is 2. The van der Waals surface area contributed by atoms with Crippen molar-refractivity contribution in [1.82, 2.24) is 60.1 Å². The third-order valence-corrected chi connectivity index (χ3v) is 32.7. The lowest BCUT2D eigenvalue weighted by Crippen LogP contribution is -2.50. The minimum Gasteiger partial charge on any atom is -0.481 e. The number of thiazole rings is 2. The van der Waals surface area contributed by atoms with Gasteiger partial charge in [0.2, 0.25) is 35.4 Å². The largest absolute Gasteiger partial charge is 0.481 e. The number of hydrogen-bond donors (Lipinski definition) is 8. The number of halogens is 3. The van der Waals surface area contributed by atoms with Crippen LogP contribution in [0, 0.1) is 36.5 Å². The molecule has 2 aliphatic carbocycles. The van der Waals surface area contributed by atoms with Gasteiger partial charge >= 0.3 is 5.97 Å². The van der Waals surface area contributed by atoms with E-state index in [1.165, 1.54) is 22.5 Å². The number of hydrogen-bond acceptors (Lipinski definition) is 25. The Morgan fingerprint density at radius 1 is 0.427 bits per heavy atom. The first-order chi connectivity index (χ1) is 71.3. The molecule has 6 aliphatic rings. The highest BCUT2D eigenvalue weighted by molar-refractivity contribution is 7.13. The molecule has 4 aromatic heterocycles. The Hall–Kier alpha value is -10.1. The van der Waals surface area contributed by atoms with Gasteiger partial charge in [0.25, 0.3) is 0 Å². The van der Waals surface area contributed by atoms with Crippen molar-refractivity contribution >= 4 is 129 Å². The molecule has 0 bridgehead atoms. The smallest absolute Gasteiger partial charge is 0.303 e. The summed E-state index contributed by atoms with van der Waals surface area (Å²) in [7, 11) is 0. The summed E-state index contributed by atoms with van der Waals surface area (Å²) in [4.78, 5) is 172. The fourth-order valence-electron chi connectivity index (χ4n) is 21.5. The second-order valence-corrected chi connectivity index (χ2v) is 46.2. The molecule has 0 unspecified atom stereocenters. The number of aliphatic hydroxyl groups excluding tert-OH is 4. The maximum atomic E-state index is 14.1. The molecule has 12 atom stereocenters. The third kappa shape index (κ3) is 34.2. The van der Waals surface area contributed by atoms with Gasteiger partial charge in [0.15, 0.2) is 0 Å². The number of carbonyl (C=O) groups is 10. The molecule has 4 saturated heterocycles. The van der Waals surface area contributed by atoms with E-state index in [1.54, 1.807) is 34.8 Å². The molecule has 150 heavy (non-hydrogen) atoms. The van der Waals surface area contributed by atoms with Gasteiger partial charge in [-0.2, -0.15) is 0 Å². The van der Waals surface area contributed by atoms with Crippen LogP contribution < -0.4 is 26.2 Å². The number of ketones is 3. The van der Waals surface area contributed by atoms with E-state index in [0.717, 1.165) is 192 Å². The zero-order valence-corrected chi connectivity index (χ0v) is 93.1. The van der Waals surface area contributed by atoms with E-state index in [9.17, 15) is 68.4 Å². The van der Waals surface area contributed by atoms with Gasteiger partial charge in [-0.15, -0.1) is 35.1 Å². The number of amides is 6. The van der Waals surface area contributed by atoms with Gasteiger partial charge in [-0.3, -0.25) is 47.9 Å². The summed E-state index contributed by atoms with van der Waals surface area (Å²) in [5, 5.41) is 57.9. The summed E-state index contributed by atoms with van der Waals surface area (Å²) in [5.41, 5.74) is 19.5. The number of likely N-dealkylation sites (tertiary alicyclic amines) is 2. The molecule has 4 aliphatic heterocycles. The Kier molecular flexibility index (Phi) is 46.6. The normalized spacial score (nSPS) is 19.3. The van der Waals surface area contributed by atoms with E-state index in [2.05, 4.69) is 64.2 Å². The zero-order chi connectivity index (χ0) is 107. The lowest BCUT2D eigenvalue weighted by Gasteiger charge is -2.38. The van der Waals surface area contributed by atoms with Crippen LogP contribution in [0.4, 0.5) is 11.6 Å². The van der Waals surface area contributed by atoms with Crippen molar-refractivity contribution < 1.29 is 73.5 Å². The number of aromatic nitrogens is 6. The number of aryl methyl sites for hydroxylation is 2. The number of fused-ring (bicyclic) bond motifs is 2. The molecule has 9 N–H and O–H groups in total. The zero-order valence-electron chi connectivity index (χ0n) is 89.1. The van der Waals surface area contributed by atoms with Crippen LogP contribution in [0.1, 0.15) is 340 Å². The second kappa shape index (κ2) is 58.3. The van der Waals surface area contributed by atoms with Crippen LogP contribution in [0.25, 0.3) is 20.9 Å². The van der Waals surface area contributed by atoms with E-state index < -0.39 is 65.1 Å². The lowest BCUT2D eigenvalue weighted by molar-refractivity contribution is -0.146. The highest BCUT2D eigenvalue weighted by Crippen LogP contribution is 2.46. The molecule has 0 saturated carbocycles. The summed E-state index contributed by atoms with van der Waals surface area (Å²) >= 11 is 15.5. The van der Waals surface area contributed by atoms with Gasteiger partial charge in [-0.25, -0.2) is 29.9 Å². The Labute approximate surface area is 909 Å². The number of aliphatic carboxylic acids is 1. The second-order valence-electron chi connectivity index (χ2n) is 43.7. The Morgan fingerprint density at radius 2 is 0.767 bits per heavy atom. The first-order valence-corrected chi connectivity index (χ1v) is 56.5. The van der Waals surface area contributed by atoms with Crippen molar-refractivity contribution in [3.05, 3.63) is 187 Å². The first-order valence-electron chi connectivity index (χ1n) is 54.0. The molecule has 6 amide bonds. The minimum absolute atomic E-state index is 0. The van der Waals surface area contributed by atoms with Crippen LogP contribution >= 0.6 is 58.3 Å². The number of anilines is 2. The highest BCUT2D eigenvalue weighted by Gasteiger charge is 2.48. The molecular formula is C115H158Cl3N15O15S2. The van der Waals surface area contributed by atoms with Crippen LogP contribution in [0.2, 0.25) is 10.0 Å². The maximum absolute atomic E-state index is 14.1. The average molecular weight is 2160 g/mol. The maximum Gasteiger partial charge on any atom is 0.303 e. The van der Waals surface area contributed by atoms with Crippen LogP contribution in [-0.4, -0.2) is 230 Å². The van der Waals surface area contributed by atoms with E-state index in [-0.39, 0.29) is 134 Å². The average Bonchev–Trinajstić information content (AvgIpc) is 1.63. The fraction of sp³-hybridized carbons (Fsp3) is 0.583. The molecule has 8 heterocycles. The molecule has 816 valence electrons. The quantitative estimate of drug-likeness (QED) is 0.0164. The highest BCUT2D eigenvalue weighted by atomic mass is 35.5. The summed E-state index contributed by atoms with van der Waals surface area (Å²) in [6.07, 6.45) is 21.0. The van der Waals surface area contributed by atoms with Gasteiger partial charge in [0.05, 0.1) is 79.8 Å². The summed E-state index contributed by atoms with van der Waals surface area (Å²) in [5.74, 6) is -1.08. The van der Waals surface area contributed by atoms with Crippen LogP contribution in [0.3, 0.4) is 0 Å². The minimum atomic E-state index is -0.816. The van der Waals surface area contributed by atoms with Crippen LogP contribution in [0.15, 0.2) is 121 Å². The van der Waals surface area contributed by atoms with Crippen molar-refractivity contribution in [1.29, 1.82) is 0 Å². The van der Waals surface area contributed by atoms with Gasteiger partial charge in [0, 0.05) is 169 Å². The molecule has 8 aromatic rings. The Balaban J connectivity index is 0.000000235. The number of β-amino-alcohol motifs (C(OH)–C–C–N with tert-alkyl or cyclic N) is 2. The summed E-state index contributed by atoms with van der Waals surface area (Å²) < 4.78 is 0. The van der Waals surface area contributed by atoms with Crippen molar-refractivity contribution in [3.63, 3.8) is 0 Å². The molecule has 14 rings (SSSR count). The predicted molar refractivity (Wildman–Crippen MR) is 591 cm³/mol. The first kappa shape index (κ1) is 120. The van der Waals surface area contributed by atoms with Crippen molar-refractivity contribution in [2.75, 3.05) is 81.8 Å². The van der Waals surface area contributed by atoms with Gasteiger partial charge < -0.3 is 71.3 Å². The summed E-state index contributed by atoms with van der Waals surface area (Å²) in [6, 6.07) is 29.3. The number of benzene rings is 4. The molecule has 0 spiro atoms. The van der Waals surface area contributed by atoms with E-state index >= 15 is 0 Å². The van der Waals surface area contributed by atoms with Crippen molar-refractivity contribution in [2.45, 2.75) is 335 Å². The van der Waals surface area contributed by atoms with Gasteiger partial charge in [-0.05, 0) is 165 Å². The fourth-order valence-corrected chi connectivity index (χ4v) is 23.4. The van der Waals surface area contributed by atoms with Crippen molar-refractivity contribution in [2.24, 2.45) is 28.4 Å². The lowest BCUT2D eigenvalue weighted by atomic mass is 9.76. The predicted octanol–water partition coefficient (Wildman–Crippen LogP) is 19.3. The van der Waals surface area contributed by atoms with E-state index in [4.69, 9.17) is 34.0 Å². The molecular weight excluding hydrogens is 2000 g/mol. The van der Waals surface area contributed by atoms with Crippen LogP contribution in [-0.2, 0) is 61.0 Å². The third-order valence-electron chi connectivity index (χ3n) is 30.3. The van der Waals surface area contributed by atoms with E-state index in [1.807, 2.05) is 161 Å². The number of unbranched alkanes of at least 4 members (excludes halogenated alkanes) is 13. The number of nitrogens with zero attached hydrogens (tertiary/aromatic N) is 12. The van der Waals surface area contributed by atoms with Crippen LogP contribution in [0.5, 0.6) is 0 Å². The number of carboxylic acids is 1. The molecule has 35 heteroatoms. The van der Waals surface area contributed by atoms with Gasteiger partial charge in [-0.1, -0.05) is 222 Å². The SMILES string of the molecule is C[C@@H]1C[C@@H](O)c2ncnc(N3CCN(C(=O)[C@H](CCCCC(=O)O)c4ccc(Cl)cc4)CC3)c21.Cc1ncsc1-c1ccc(CNC(=O)[C@@H]2C[C@@H](O)CN2C(=O)[C@@H](CC(=O)CCCCCCCCCC(=O)CCCC[C@@H](C(=O)N2CCN(c3ncnc4c3[C@H](C)C[C@H]4O)CC2)c2ccc(Cl)cc2)C(C)(C)C)cc1.Cc1ncsc1-c1ccc(CNC(=O)[C@@H]2C[C@@H](O)CN2C(=O)[C@@H](CC(=O)CCCCCCCCN)C(C)(C)C)cc1.Cl. The topological polar surface area (TPSA) is 419 Å². The number of nitrogens with one attached hydrogen (secondary N) is 2. The van der Waals surface area contributed by atoms with Gasteiger partial charge in [0.1, 0.15) is 53.7 Å². The molecule has 4 aromatic carbocycles. The number of aliphatic hydroxyl groups is 4. The Bertz CT molecular complexity index is 5730. The molecule has 4 fully saturated rings. The number of carboxylic acid groups (broad SMARTS) is 1. The Morgan fingerprint density at radius 3 is 1.11 bits per heavy atom. The molecule has 0 radical (unpaired) electrons. The monoisotopic (exact) mass is 2160 g/mol. The van der Waals surface area contributed by atoms with Crippen molar-refractivity contribution in [3.8, 4) is 20.9 Å². The van der Waals surface area contributed by atoms with E-state index in [0.29, 0.717) is 140 Å².